The van der Waals surface area contributed by atoms with Crippen LogP contribution in [-0.2, 0) is 10.0 Å². The van der Waals surface area contributed by atoms with Crippen LogP contribution in [0, 0.1) is 5.82 Å². The van der Waals surface area contributed by atoms with Crippen molar-refractivity contribution in [2.75, 3.05) is 29.9 Å². The number of amides is 1. The summed E-state index contributed by atoms with van der Waals surface area (Å²) in [5, 5.41) is 2.59. The van der Waals surface area contributed by atoms with Gasteiger partial charge in [0.15, 0.2) is 0 Å². The van der Waals surface area contributed by atoms with Gasteiger partial charge in [0.05, 0.1) is 17.0 Å². The summed E-state index contributed by atoms with van der Waals surface area (Å²) in [5.41, 5.74) is 10.4. The van der Waals surface area contributed by atoms with E-state index < -0.39 is 21.7 Å². The predicted molar refractivity (Wildman–Crippen MR) is 75.3 cm³/mol. The van der Waals surface area contributed by atoms with Crippen molar-refractivity contribution in [3.05, 3.63) is 23.5 Å². The smallest absolute Gasteiger partial charge is 0.250 e. The van der Waals surface area contributed by atoms with Crippen molar-refractivity contribution >= 4 is 27.3 Å². The molecule has 0 aliphatic carbocycles. The first-order valence-corrected chi connectivity index (χ1v) is 7.52. The standard InChI is InChI=1S/C11H17FN4O3S/c1-2-16-20(18,19)4-3-15-10-5-7(11(14)17)9(13)6-8(10)12/h5-6,15-16H,2-4,13H2,1H3,(H2,14,17). The van der Waals surface area contributed by atoms with E-state index in [1.54, 1.807) is 6.92 Å². The Morgan fingerprint density at radius 3 is 2.60 bits per heavy atom. The third-order valence-electron chi connectivity index (χ3n) is 2.46. The number of nitrogen functional groups attached to an aromatic ring is 1. The molecular formula is C11H17FN4O3S. The van der Waals surface area contributed by atoms with Crippen LogP contribution >= 0.6 is 0 Å². The molecule has 1 aromatic rings. The Morgan fingerprint density at radius 2 is 2.05 bits per heavy atom. The van der Waals surface area contributed by atoms with Gasteiger partial charge in [-0.25, -0.2) is 17.5 Å². The number of benzene rings is 1. The molecule has 0 aliphatic rings. The number of halogens is 1. The molecule has 1 rings (SSSR count). The summed E-state index contributed by atoms with van der Waals surface area (Å²) < 4.78 is 38.7. The van der Waals surface area contributed by atoms with Crippen LogP contribution in [0.2, 0.25) is 0 Å². The number of nitrogens with one attached hydrogen (secondary N) is 2. The highest BCUT2D eigenvalue weighted by Crippen LogP contribution is 2.21. The SMILES string of the molecule is CCNS(=O)(=O)CCNc1cc(C(N)=O)c(N)cc1F. The Hall–Kier alpha value is -1.87. The average Bonchev–Trinajstić information content (AvgIpc) is 2.31. The van der Waals surface area contributed by atoms with E-state index in [0.29, 0.717) is 0 Å². The van der Waals surface area contributed by atoms with Gasteiger partial charge in [0.25, 0.3) is 5.91 Å². The molecule has 0 aromatic heterocycles. The van der Waals surface area contributed by atoms with E-state index in [2.05, 4.69) is 10.0 Å². The fourth-order valence-electron chi connectivity index (χ4n) is 1.55. The fraction of sp³-hybridized carbons (Fsp3) is 0.364. The molecule has 0 saturated heterocycles. The Bertz CT molecular complexity index is 604. The maximum absolute atomic E-state index is 13.6. The monoisotopic (exact) mass is 304 g/mol. The number of rotatable bonds is 7. The van der Waals surface area contributed by atoms with Crippen LogP contribution in [0.25, 0.3) is 0 Å². The first kappa shape index (κ1) is 16.2. The number of hydrogen-bond acceptors (Lipinski definition) is 5. The quantitative estimate of drug-likeness (QED) is 0.521. The first-order valence-electron chi connectivity index (χ1n) is 5.87. The van der Waals surface area contributed by atoms with Crippen molar-refractivity contribution in [3.63, 3.8) is 0 Å². The van der Waals surface area contributed by atoms with Crippen LogP contribution in [0.1, 0.15) is 17.3 Å². The second kappa shape index (κ2) is 6.53. The molecule has 0 bridgehead atoms. The summed E-state index contributed by atoms with van der Waals surface area (Å²) in [5.74, 6) is -1.70. The zero-order chi connectivity index (χ0) is 15.3. The Kier molecular flexibility index (Phi) is 5.28. The van der Waals surface area contributed by atoms with E-state index in [0.717, 1.165) is 12.1 Å². The van der Waals surface area contributed by atoms with Gasteiger partial charge in [-0.05, 0) is 12.1 Å². The Labute approximate surface area is 116 Å². The van der Waals surface area contributed by atoms with Crippen LogP contribution in [0.3, 0.4) is 0 Å². The highest BCUT2D eigenvalue weighted by atomic mass is 32.2. The number of nitrogens with two attached hydrogens (primary N) is 2. The van der Waals surface area contributed by atoms with Gasteiger partial charge in [-0.15, -0.1) is 0 Å². The van der Waals surface area contributed by atoms with Crippen LogP contribution in [-0.4, -0.2) is 33.2 Å². The van der Waals surface area contributed by atoms with Crippen LogP contribution in [0.5, 0.6) is 0 Å². The van der Waals surface area contributed by atoms with Crippen molar-refractivity contribution in [2.45, 2.75) is 6.92 Å². The maximum atomic E-state index is 13.6. The summed E-state index contributed by atoms with van der Waals surface area (Å²) in [7, 11) is -3.40. The van der Waals surface area contributed by atoms with Gasteiger partial charge in [-0.1, -0.05) is 6.92 Å². The molecule has 112 valence electrons. The number of hydrogen-bond donors (Lipinski definition) is 4. The van der Waals surface area contributed by atoms with E-state index >= 15 is 0 Å². The maximum Gasteiger partial charge on any atom is 0.250 e. The number of anilines is 2. The molecule has 0 atom stereocenters. The predicted octanol–water partition coefficient (Wildman–Crippen LogP) is -0.142. The first-order chi connectivity index (χ1) is 9.26. The summed E-state index contributed by atoms with van der Waals surface area (Å²) in [6.07, 6.45) is 0. The van der Waals surface area contributed by atoms with Crippen molar-refractivity contribution in [2.24, 2.45) is 5.73 Å². The molecule has 0 fully saturated rings. The largest absolute Gasteiger partial charge is 0.398 e. The van der Waals surface area contributed by atoms with Crippen LogP contribution < -0.4 is 21.5 Å². The molecule has 9 heteroatoms. The minimum atomic E-state index is -3.40. The minimum absolute atomic E-state index is 0.0195. The molecule has 1 amide bonds. The lowest BCUT2D eigenvalue weighted by Gasteiger charge is -2.11. The van der Waals surface area contributed by atoms with Crippen molar-refractivity contribution < 1.29 is 17.6 Å². The third kappa shape index (κ3) is 4.35. The summed E-state index contributed by atoms with van der Waals surface area (Å²) in [6, 6.07) is 2.12. The zero-order valence-electron chi connectivity index (χ0n) is 10.9. The topological polar surface area (TPSA) is 127 Å². The number of sulfonamides is 1. The van der Waals surface area contributed by atoms with Gasteiger partial charge < -0.3 is 16.8 Å². The van der Waals surface area contributed by atoms with E-state index in [4.69, 9.17) is 11.5 Å². The zero-order valence-corrected chi connectivity index (χ0v) is 11.8. The fourth-order valence-corrected chi connectivity index (χ4v) is 2.50. The van der Waals surface area contributed by atoms with Crippen molar-refractivity contribution in [1.82, 2.24) is 4.72 Å². The van der Waals surface area contributed by atoms with E-state index in [9.17, 15) is 17.6 Å². The normalized spacial score (nSPS) is 11.3. The lowest BCUT2D eigenvalue weighted by Crippen LogP contribution is -2.29. The Morgan fingerprint density at radius 1 is 1.40 bits per heavy atom. The molecule has 1 aromatic carbocycles. The van der Waals surface area contributed by atoms with Gasteiger partial charge >= 0.3 is 0 Å². The second-order valence-corrected chi connectivity index (χ2v) is 5.95. The molecule has 7 nitrogen and oxygen atoms in total. The lowest BCUT2D eigenvalue weighted by atomic mass is 10.1. The van der Waals surface area contributed by atoms with Crippen molar-refractivity contribution in [3.8, 4) is 0 Å². The van der Waals surface area contributed by atoms with Gasteiger partial charge in [0, 0.05) is 18.8 Å². The molecule has 0 aliphatic heterocycles. The average molecular weight is 304 g/mol. The molecule has 0 radical (unpaired) electrons. The highest BCUT2D eigenvalue weighted by Gasteiger charge is 2.13. The Balaban J connectivity index is 2.79. The summed E-state index contributed by atoms with van der Waals surface area (Å²) >= 11 is 0. The minimum Gasteiger partial charge on any atom is -0.398 e. The van der Waals surface area contributed by atoms with Crippen LogP contribution in [0.15, 0.2) is 12.1 Å². The highest BCUT2D eigenvalue weighted by molar-refractivity contribution is 7.89. The molecule has 0 heterocycles. The molecular weight excluding hydrogens is 287 g/mol. The van der Waals surface area contributed by atoms with E-state index in [1.165, 1.54) is 0 Å². The summed E-state index contributed by atoms with van der Waals surface area (Å²) in [4.78, 5) is 11.1. The number of primary amides is 1. The van der Waals surface area contributed by atoms with Gasteiger partial charge in [0.1, 0.15) is 5.82 Å². The molecule has 20 heavy (non-hydrogen) atoms. The summed E-state index contributed by atoms with van der Waals surface area (Å²) in [6.45, 7) is 1.92. The van der Waals surface area contributed by atoms with Gasteiger partial charge in [-0.2, -0.15) is 0 Å². The molecule has 6 N–H and O–H groups in total. The van der Waals surface area contributed by atoms with Crippen LogP contribution in [0.4, 0.5) is 15.8 Å². The van der Waals surface area contributed by atoms with E-state index in [1.807, 2.05) is 0 Å². The second-order valence-electron chi connectivity index (χ2n) is 4.03. The van der Waals surface area contributed by atoms with Crippen molar-refractivity contribution in [1.29, 1.82) is 0 Å². The van der Waals surface area contributed by atoms with Gasteiger partial charge in [-0.3, -0.25) is 4.79 Å². The molecule has 0 unspecified atom stereocenters. The molecule has 0 spiro atoms. The number of carbonyl (C=O) groups is 1. The molecule has 0 saturated carbocycles. The van der Waals surface area contributed by atoms with E-state index in [-0.39, 0.29) is 35.8 Å². The third-order valence-corrected chi connectivity index (χ3v) is 3.93. The lowest BCUT2D eigenvalue weighted by molar-refractivity contribution is 0.100. The van der Waals surface area contributed by atoms with Gasteiger partial charge in [0.2, 0.25) is 10.0 Å². The number of carbonyl (C=O) groups excluding carboxylic acids is 1.